The highest BCUT2D eigenvalue weighted by molar-refractivity contribution is 6.28. The summed E-state index contributed by atoms with van der Waals surface area (Å²) >= 11 is 0. The van der Waals surface area contributed by atoms with Crippen molar-refractivity contribution in [1.82, 2.24) is 0 Å². The summed E-state index contributed by atoms with van der Waals surface area (Å²) in [5.74, 6) is 0. The quantitative estimate of drug-likeness (QED) is 0.155. The van der Waals surface area contributed by atoms with Crippen LogP contribution in [0.5, 0.6) is 0 Å². The molecule has 2 aromatic heterocycles. The molecular formula is C80H50O2. The summed E-state index contributed by atoms with van der Waals surface area (Å²) in [7, 11) is 0. The molecule has 0 saturated heterocycles. The Labute approximate surface area is 542 Å². The Morgan fingerprint density at radius 2 is 0.561 bits per heavy atom. The van der Waals surface area contributed by atoms with Crippen molar-refractivity contribution in [3.05, 3.63) is 302 Å². The number of hydrogen-bond acceptors (Lipinski definition) is 2. The molecule has 17 aromatic rings. The minimum atomic E-state index is -1.01. The van der Waals surface area contributed by atoms with Crippen LogP contribution in [0.3, 0.4) is 0 Å². The van der Waals surface area contributed by atoms with Crippen molar-refractivity contribution >= 4 is 97.7 Å². The van der Waals surface area contributed by atoms with Crippen LogP contribution < -0.4 is 0 Å². The molecule has 0 N–H and O–H groups in total. The fraction of sp³-hybridized carbons (Fsp3) is 0. The lowest BCUT2D eigenvalue weighted by Crippen LogP contribution is -1.93. The minimum Gasteiger partial charge on any atom is -0.456 e. The van der Waals surface area contributed by atoms with Crippen LogP contribution in [0.15, 0.2) is 311 Å². The van der Waals surface area contributed by atoms with Gasteiger partial charge in [-0.2, -0.15) is 0 Å². The molecule has 2 heteroatoms. The summed E-state index contributed by atoms with van der Waals surface area (Å²) in [5.41, 5.74) is -10.4. The molecule has 15 aromatic carbocycles. The van der Waals surface area contributed by atoms with Crippen molar-refractivity contribution in [2.45, 2.75) is 0 Å². The van der Waals surface area contributed by atoms with Gasteiger partial charge >= 0.3 is 0 Å². The number of hydrogen-bond donors (Lipinski definition) is 0. The molecule has 0 spiro atoms. The van der Waals surface area contributed by atoms with Gasteiger partial charge < -0.3 is 8.83 Å². The monoisotopic (exact) mass is 1090 g/mol. The van der Waals surface area contributed by atoms with Crippen LogP contribution in [-0.2, 0) is 0 Å². The third-order valence-corrected chi connectivity index (χ3v) is 13.3. The lowest BCUT2D eigenvalue weighted by atomic mass is 9.83. The molecule has 0 aliphatic rings. The van der Waals surface area contributed by atoms with Gasteiger partial charge in [0.1, 0.15) is 22.3 Å². The van der Waals surface area contributed by atoms with Crippen LogP contribution in [0.2, 0.25) is 0 Å². The zero-order chi connectivity index (χ0) is 96.7. The first-order valence-electron chi connectivity index (χ1n) is 48.6. The second kappa shape index (κ2) is 19.5. The predicted octanol–water partition coefficient (Wildman–Crippen LogP) is 22.9. The first-order valence-corrected chi connectivity index (χ1v) is 24.1. The minimum absolute atomic E-state index is 0.417. The second-order valence-electron chi connectivity index (χ2n) is 17.6. The highest BCUT2D eigenvalue weighted by atomic mass is 16.3. The molecular weight excluding hydrogens is 993 g/mol. The summed E-state index contributed by atoms with van der Waals surface area (Å²) in [6.45, 7) is 0. The van der Waals surface area contributed by atoms with Gasteiger partial charge in [-0.1, -0.05) is 272 Å². The highest BCUT2D eigenvalue weighted by Crippen LogP contribution is 2.50. The molecule has 0 unspecified atom stereocenters. The van der Waals surface area contributed by atoms with Crippen molar-refractivity contribution in [2.75, 3.05) is 0 Å². The lowest BCUT2D eigenvalue weighted by Gasteiger charge is -2.20. The van der Waals surface area contributed by atoms with Crippen LogP contribution in [0.1, 0.15) is 67.2 Å². The Kier molecular flexibility index (Phi) is 4.57. The van der Waals surface area contributed by atoms with Crippen LogP contribution in [0.25, 0.3) is 165 Å². The van der Waals surface area contributed by atoms with E-state index in [1.807, 2.05) is 0 Å². The van der Waals surface area contributed by atoms with E-state index in [9.17, 15) is 20.6 Å². The van der Waals surface area contributed by atoms with Gasteiger partial charge in [0.15, 0.2) is 0 Å². The fourth-order valence-corrected chi connectivity index (χ4v) is 9.94. The average Bonchev–Trinajstić information content (AvgIpc) is 1.65. The zero-order valence-corrected chi connectivity index (χ0v) is 40.9. The van der Waals surface area contributed by atoms with Gasteiger partial charge in [-0.05, 0) is 151 Å². The molecule has 0 fully saturated rings. The van der Waals surface area contributed by atoms with E-state index in [0.29, 0.717) is 0 Å². The Morgan fingerprint density at radius 3 is 1.07 bits per heavy atom. The van der Waals surface area contributed by atoms with E-state index in [1.165, 1.54) is 0 Å². The van der Waals surface area contributed by atoms with Crippen molar-refractivity contribution < 1.29 is 76.0 Å². The first kappa shape index (κ1) is 19.2. The van der Waals surface area contributed by atoms with Crippen LogP contribution >= 0.6 is 0 Å². The molecule has 0 bridgehead atoms. The Morgan fingerprint density at radius 1 is 0.207 bits per heavy atom. The van der Waals surface area contributed by atoms with Crippen LogP contribution in [0, 0.1) is 0 Å². The number of fused-ring (bicyclic) bond motifs is 11. The molecule has 0 amide bonds. The van der Waals surface area contributed by atoms with E-state index in [0.717, 1.165) is 6.07 Å². The Hall–Kier alpha value is -10.8. The fourth-order valence-electron chi connectivity index (χ4n) is 9.94. The molecule has 0 aliphatic carbocycles. The number of para-hydroxylation sites is 2. The van der Waals surface area contributed by atoms with E-state index >= 15 is 0 Å². The summed E-state index contributed by atoms with van der Waals surface area (Å²) in [5, 5.41) is -8.28. The van der Waals surface area contributed by atoms with Gasteiger partial charge in [0, 0.05) is 21.5 Å². The number of furan rings is 2. The summed E-state index contributed by atoms with van der Waals surface area (Å²) in [6.07, 6.45) is 0. The molecule has 2 nitrogen and oxygen atoms in total. The van der Waals surface area contributed by atoms with E-state index in [4.69, 9.17) is 55.4 Å². The topological polar surface area (TPSA) is 26.3 Å². The standard InChI is InChI=1S/C44H28O.C36H22O/c1-2-13-29(14-3-1)30-25-27-31(28-26-30)32-15-4-5-16-33(32)42-34-17-6-8-19-36(34)43(37-20-9-7-18-35(37)42)39-22-12-24-41-44(39)38-21-10-11-23-40(38)45-41;1-2-11-24-22-25(21-20-23(24)10-1)34-26-12-3-5-14-28(26)35(29-15-6-4-13-27(29)34)31-17-9-19-33-36(31)30-16-7-8-18-32(30)37-33/h1-28H;1-22H/i1D,2D,3D,4D,5D,6D,7D,8D,9D,10D,11D,12D,13D,14D,16D,17D,18D,19D,20D,21D,22D,23D,24D,25D,26D,27D,28D;1D,2D,3D,4D,5D,6D,7D,8D,9D,10D,11D,12D,13D,14D,15D,16D,17D,18D,19D,20D,21D,22D. The van der Waals surface area contributed by atoms with Crippen molar-refractivity contribution in [3.8, 4) is 66.8 Å². The van der Waals surface area contributed by atoms with Gasteiger partial charge in [0.2, 0.25) is 0 Å². The van der Waals surface area contributed by atoms with E-state index in [2.05, 4.69) is 0 Å². The molecule has 17 rings (SSSR count). The maximum atomic E-state index is 9.51. The van der Waals surface area contributed by atoms with Crippen molar-refractivity contribution in [1.29, 1.82) is 0 Å². The normalized spacial score (nSPS) is 20.0. The van der Waals surface area contributed by atoms with Gasteiger partial charge in [0.05, 0.1) is 67.2 Å². The lowest BCUT2D eigenvalue weighted by molar-refractivity contribution is 0.668. The van der Waals surface area contributed by atoms with Crippen molar-refractivity contribution in [2.24, 2.45) is 0 Å². The maximum absolute atomic E-state index is 9.51. The zero-order valence-electron chi connectivity index (χ0n) is 89.9. The predicted molar refractivity (Wildman–Crippen MR) is 348 cm³/mol. The smallest absolute Gasteiger partial charge is 0.136 e. The SMILES string of the molecule is [2H]c1c([2H])c([2H])c2c(oc3c([2H])c([2H])c([2H])c(-c4c5c([2H])c([2H])c([2H])c([2H])c5c(-c5c([2H])c([2H])c6c([2H])c([2H])c([2H])c([2H])c6c5[2H])c5c([2H])c([2H])c([2H])c([2H])c45)c32)c1[2H].[2H]c1cc(-c2c([2H])c([2H])c(-c3c([2H])c([2H])c([2H])c([2H])c3[2H])c([2H])c2[2H])c(-c2c3c([2H])c([2H])c([2H])c([2H])c3c(-c3c([2H])c([2H])c([2H])c4oc5c([2H])c([2H])c([2H])c([2H])c5c34)c3c([2H])c([2H])c([2H])c([2H])c23)c([2H])c1[2H]. The molecule has 382 valence electrons. The van der Waals surface area contributed by atoms with Gasteiger partial charge in [0.25, 0.3) is 0 Å². The summed E-state index contributed by atoms with van der Waals surface area (Å²) in [6, 6.07) is -42.4. The van der Waals surface area contributed by atoms with Gasteiger partial charge in [-0.25, -0.2) is 0 Å². The number of benzene rings is 15. The third-order valence-electron chi connectivity index (χ3n) is 13.3. The molecule has 0 aliphatic heterocycles. The van der Waals surface area contributed by atoms with E-state index < -0.39 is 461 Å². The average molecular weight is 1090 g/mol. The molecule has 0 saturated carbocycles. The van der Waals surface area contributed by atoms with E-state index in [1.54, 1.807) is 0 Å². The highest BCUT2D eigenvalue weighted by Gasteiger charge is 2.23. The van der Waals surface area contributed by atoms with E-state index in [-0.39, 0.29) is 0 Å². The van der Waals surface area contributed by atoms with Crippen LogP contribution in [-0.4, -0.2) is 0 Å². The molecule has 0 radical (unpaired) electrons. The molecule has 82 heavy (non-hydrogen) atoms. The summed E-state index contributed by atoms with van der Waals surface area (Å²) in [4.78, 5) is 0. The Bertz CT molecular complexity index is 8150. The van der Waals surface area contributed by atoms with Gasteiger partial charge in [-0.3, -0.25) is 0 Å². The third kappa shape index (κ3) is 7.72. The van der Waals surface area contributed by atoms with Gasteiger partial charge in [-0.15, -0.1) is 0 Å². The Balaban J connectivity index is 0.000000195. The number of rotatable bonds is 6. The summed E-state index contributed by atoms with van der Waals surface area (Å²) < 4.78 is 447. The second-order valence-corrected chi connectivity index (χ2v) is 17.6. The maximum Gasteiger partial charge on any atom is 0.136 e. The molecule has 2 heterocycles. The molecule has 0 atom stereocenters. The van der Waals surface area contributed by atoms with Crippen molar-refractivity contribution in [3.63, 3.8) is 0 Å². The van der Waals surface area contributed by atoms with Crippen LogP contribution in [0.4, 0.5) is 0 Å². The largest absolute Gasteiger partial charge is 0.456 e. The first-order chi connectivity index (χ1) is 61.1.